The van der Waals surface area contributed by atoms with Gasteiger partial charge in [-0.05, 0) is 82.4 Å². The second-order valence-electron chi connectivity index (χ2n) is 12.0. The summed E-state index contributed by atoms with van der Waals surface area (Å²) in [5.41, 5.74) is 12.6. The molecule has 0 fully saturated rings. The first-order valence-electron chi connectivity index (χ1n) is 15.9. The molecule has 1 aliphatic rings. The lowest BCUT2D eigenvalue weighted by molar-refractivity contribution is 0.0996. The molecule has 0 spiro atoms. The Morgan fingerprint density at radius 2 is 1.13 bits per heavy atom. The van der Waals surface area contributed by atoms with E-state index in [9.17, 15) is 4.79 Å². The van der Waals surface area contributed by atoms with Crippen molar-refractivity contribution in [3.63, 3.8) is 0 Å². The van der Waals surface area contributed by atoms with E-state index in [4.69, 9.17) is 0 Å². The molecule has 0 saturated heterocycles. The Labute approximate surface area is 272 Å². The number of anilines is 1. The third-order valence-electron chi connectivity index (χ3n) is 9.35. The van der Waals surface area contributed by atoms with Gasteiger partial charge in [0.15, 0.2) is 0 Å². The zero-order chi connectivity index (χ0) is 31.3. The summed E-state index contributed by atoms with van der Waals surface area (Å²) in [5.74, 6) is 0.0206. The van der Waals surface area contributed by atoms with Gasteiger partial charge in [0, 0.05) is 39.9 Å². The highest BCUT2D eigenvalue weighted by atomic mass is 16.2. The number of fused-ring (bicyclic) bond motifs is 4. The molecule has 222 valence electrons. The van der Waals surface area contributed by atoms with Crippen LogP contribution in [0.15, 0.2) is 164 Å². The maximum Gasteiger partial charge on any atom is 0.259 e. The van der Waals surface area contributed by atoms with Crippen LogP contribution >= 0.6 is 0 Å². The molecule has 0 atom stereocenters. The van der Waals surface area contributed by atoms with Crippen molar-refractivity contribution in [2.45, 2.75) is 6.54 Å². The number of rotatable bonds is 5. The van der Waals surface area contributed by atoms with Crippen molar-refractivity contribution < 1.29 is 4.79 Å². The average molecular weight is 604 g/mol. The molecule has 2 aromatic heterocycles. The maximum absolute atomic E-state index is 14.3. The Morgan fingerprint density at radius 1 is 0.468 bits per heavy atom. The molecule has 47 heavy (non-hydrogen) atoms. The van der Waals surface area contributed by atoms with Crippen LogP contribution < -0.4 is 4.90 Å². The monoisotopic (exact) mass is 603 g/mol. The van der Waals surface area contributed by atoms with Gasteiger partial charge in [-0.15, -0.1) is 0 Å². The molecule has 0 N–H and O–H groups in total. The molecule has 1 aliphatic heterocycles. The molecule has 0 radical (unpaired) electrons. The molecule has 6 aromatic carbocycles. The van der Waals surface area contributed by atoms with Gasteiger partial charge in [-0.25, -0.2) is 0 Å². The Hall–Kier alpha value is -6.26. The summed E-state index contributed by atoms with van der Waals surface area (Å²) in [6, 6.07) is 52.6. The van der Waals surface area contributed by atoms with Crippen molar-refractivity contribution in [3.05, 3.63) is 175 Å². The van der Waals surface area contributed by atoms with Crippen LogP contribution in [0.3, 0.4) is 0 Å². The first kappa shape index (κ1) is 27.1. The van der Waals surface area contributed by atoms with Crippen LogP contribution in [-0.2, 0) is 6.54 Å². The second-order valence-corrected chi connectivity index (χ2v) is 12.0. The van der Waals surface area contributed by atoms with E-state index < -0.39 is 0 Å². The Kier molecular flexibility index (Phi) is 6.32. The van der Waals surface area contributed by atoms with Gasteiger partial charge in [-0.1, -0.05) is 97.1 Å². The fraction of sp³-hybridized carbons (Fsp3) is 0.0233. The van der Waals surface area contributed by atoms with E-state index in [0.29, 0.717) is 6.54 Å². The van der Waals surface area contributed by atoms with Crippen molar-refractivity contribution in [2.24, 2.45) is 0 Å². The van der Waals surface area contributed by atoms with E-state index in [1.807, 2.05) is 53.7 Å². The molecule has 0 unspecified atom stereocenters. The number of benzene rings is 6. The van der Waals surface area contributed by atoms with Crippen LogP contribution in [0.5, 0.6) is 0 Å². The highest BCUT2D eigenvalue weighted by Crippen LogP contribution is 2.42. The Morgan fingerprint density at radius 3 is 1.94 bits per heavy atom. The third kappa shape index (κ3) is 4.45. The van der Waals surface area contributed by atoms with Gasteiger partial charge < -0.3 is 9.47 Å². The van der Waals surface area contributed by atoms with Crippen LogP contribution in [0.25, 0.3) is 60.9 Å². The number of amides is 1. The molecule has 8 aromatic rings. The highest BCUT2D eigenvalue weighted by Gasteiger charge is 2.33. The minimum Gasteiger partial charge on any atom is -0.309 e. The zero-order valence-corrected chi connectivity index (χ0v) is 25.5. The van der Waals surface area contributed by atoms with Crippen LogP contribution in [0, 0.1) is 0 Å². The predicted octanol–water partition coefficient (Wildman–Crippen LogP) is 10.3. The van der Waals surface area contributed by atoms with E-state index >= 15 is 0 Å². The molecule has 3 heterocycles. The fourth-order valence-corrected chi connectivity index (χ4v) is 7.11. The summed E-state index contributed by atoms with van der Waals surface area (Å²) in [5, 5.41) is 2.36. The average Bonchev–Trinajstić information content (AvgIpc) is 3.66. The standard InChI is InChI=1S/C43H29N3O/c47-43-35-15-9-17-41(46-40-16-8-7-14-34(40)37-27-33(19-21-42(37)46)30-22-24-44-25-23-30)38(35)28-45(43)39-20-18-32(29-10-3-1-4-11-29)26-36(39)31-12-5-2-6-13-31/h1-27H,28H2. The largest absolute Gasteiger partial charge is 0.309 e. The number of carbonyl (C=O) groups excluding carboxylic acids is 1. The molecule has 9 rings (SSSR count). The van der Waals surface area contributed by atoms with Crippen molar-refractivity contribution in [3.8, 4) is 39.1 Å². The third-order valence-corrected chi connectivity index (χ3v) is 9.35. The molecular formula is C43H29N3O. The van der Waals surface area contributed by atoms with Gasteiger partial charge >= 0.3 is 0 Å². The summed E-state index contributed by atoms with van der Waals surface area (Å²) in [6.45, 7) is 0.484. The normalized spacial score (nSPS) is 12.6. The molecule has 0 aliphatic carbocycles. The molecule has 1 amide bonds. The molecule has 0 saturated carbocycles. The van der Waals surface area contributed by atoms with Crippen molar-refractivity contribution >= 4 is 33.4 Å². The minimum atomic E-state index is 0.0206. The number of pyridine rings is 1. The topological polar surface area (TPSA) is 38.1 Å². The van der Waals surface area contributed by atoms with Gasteiger partial charge in [0.25, 0.3) is 5.91 Å². The summed E-state index contributed by atoms with van der Waals surface area (Å²) >= 11 is 0. The van der Waals surface area contributed by atoms with Crippen LogP contribution in [0.4, 0.5) is 5.69 Å². The van der Waals surface area contributed by atoms with E-state index in [1.165, 1.54) is 10.8 Å². The first-order chi connectivity index (χ1) is 23.2. The first-order valence-corrected chi connectivity index (χ1v) is 15.9. The Bertz CT molecular complexity index is 2450. The smallest absolute Gasteiger partial charge is 0.259 e. The number of para-hydroxylation sites is 1. The Balaban J connectivity index is 1.19. The predicted molar refractivity (Wildman–Crippen MR) is 192 cm³/mol. The van der Waals surface area contributed by atoms with Gasteiger partial charge in [-0.2, -0.15) is 0 Å². The number of hydrogen-bond donors (Lipinski definition) is 0. The van der Waals surface area contributed by atoms with Crippen LogP contribution in [0.1, 0.15) is 15.9 Å². The van der Waals surface area contributed by atoms with Crippen LogP contribution in [0.2, 0.25) is 0 Å². The van der Waals surface area contributed by atoms with Crippen molar-refractivity contribution in [2.75, 3.05) is 4.90 Å². The number of carbonyl (C=O) groups is 1. The highest BCUT2D eigenvalue weighted by molar-refractivity contribution is 6.14. The lowest BCUT2D eigenvalue weighted by Crippen LogP contribution is -2.23. The van der Waals surface area contributed by atoms with Gasteiger partial charge in [0.1, 0.15) is 0 Å². The molecule has 4 nitrogen and oxygen atoms in total. The summed E-state index contributed by atoms with van der Waals surface area (Å²) in [7, 11) is 0. The number of nitrogens with zero attached hydrogens (tertiary/aromatic N) is 3. The lowest BCUT2D eigenvalue weighted by Gasteiger charge is -2.21. The van der Waals surface area contributed by atoms with Gasteiger partial charge in [-0.3, -0.25) is 9.78 Å². The molecule has 4 heteroatoms. The fourth-order valence-electron chi connectivity index (χ4n) is 7.11. The second kappa shape index (κ2) is 11.0. The quantitative estimate of drug-likeness (QED) is 0.196. The van der Waals surface area contributed by atoms with Crippen molar-refractivity contribution in [1.82, 2.24) is 9.55 Å². The van der Waals surface area contributed by atoms with Gasteiger partial charge in [0.2, 0.25) is 0 Å². The number of hydrogen-bond acceptors (Lipinski definition) is 2. The SMILES string of the molecule is O=C1c2cccc(-n3c4ccccc4c4cc(-c5ccncc5)ccc43)c2CN1c1ccc(-c2ccccc2)cc1-c1ccccc1. The van der Waals surface area contributed by atoms with E-state index in [-0.39, 0.29) is 5.91 Å². The lowest BCUT2D eigenvalue weighted by atomic mass is 9.97. The summed E-state index contributed by atoms with van der Waals surface area (Å²) < 4.78 is 2.33. The zero-order valence-electron chi connectivity index (χ0n) is 25.5. The van der Waals surface area contributed by atoms with E-state index in [1.54, 1.807) is 0 Å². The minimum absolute atomic E-state index is 0.0206. The summed E-state index contributed by atoms with van der Waals surface area (Å²) in [4.78, 5) is 20.4. The van der Waals surface area contributed by atoms with E-state index in [0.717, 1.165) is 66.9 Å². The van der Waals surface area contributed by atoms with Gasteiger partial charge in [0.05, 0.1) is 29.0 Å². The maximum atomic E-state index is 14.3. The van der Waals surface area contributed by atoms with E-state index in [2.05, 4.69) is 125 Å². The molecular weight excluding hydrogens is 574 g/mol. The summed E-state index contributed by atoms with van der Waals surface area (Å²) in [6.07, 6.45) is 3.66. The molecule has 0 bridgehead atoms. The van der Waals surface area contributed by atoms with Crippen molar-refractivity contribution in [1.29, 1.82) is 0 Å². The van der Waals surface area contributed by atoms with Crippen LogP contribution in [-0.4, -0.2) is 15.5 Å². The number of aromatic nitrogens is 2.